The minimum atomic E-state index is -0.815. The molecular formula is C11H13IO3. The molecule has 0 saturated heterocycles. The first kappa shape index (κ1) is 12.4. The van der Waals surface area contributed by atoms with Crippen LogP contribution in [0.25, 0.3) is 0 Å². The van der Waals surface area contributed by atoms with E-state index in [9.17, 15) is 9.90 Å². The SMILES string of the molecule is O=C(O)CCCC(O)c1ccc(I)cc1. The molecule has 1 atom stereocenters. The molecule has 15 heavy (non-hydrogen) atoms. The number of carboxylic acid groups (broad SMARTS) is 1. The highest BCUT2D eigenvalue weighted by Crippen LogP contribution is 2.19. The van der Waals surface area contributed by atoms with E-state index < -0.39 is 12.1 Å². The molecule has 4 heteroatoms. The van der Waals surface area contributed by atoms with Crippen molar-refractivity contribution in [1.29, 1.82) is 0 Å². The summed E-state index contributed by atoms with van der Waals surface area (Å²) in [7, 11) is 0. The van der Waals surface area contributed by atoms with Crippen LogP contribution in [0.3, 0.4) is 0 Å². The lowest BCUT2D eigenvalue weighted by atomic mass is 10.0. The summed E-state index contributed by atoms with van der Waals surface area (Å²) in [5.41, 5.74) is 0.848. The lowest BCUT2D eigenvalue weighted by molar-refractivity contribution is -0.137. The number of halogens is 1. The summed E-state index contributed by atoms with van der Waals surface area (Å²) >= 11 is 2.20. The quantitative estimate of drug-likeness (QED) is 0.820. The van der Waals surface area contributed by atoms with Gasteiger partial charge in [0.05, 0.1) is 6.10 Å². The van der Waals surface area contributed by atoms with E-state index in [2.05, 4.69) is 22.6 Å². The number of hydrogen-bond acceptors (Lipinski definition) is 2. The van der Waals surface area contributed by atoms with Gasteiger partial charge >= 0.3 is 5.97 Å². The third-order valence-electron chi connectivity index (χ3n) is 2.12. The zero-order valence-electron chi connectivity index (χ0n) is 8.19. The number of aliphatic hydroxyl groups is 1. The molecule has 0 amide bonds. The molecule has 0 saturated carbocycles. The Morgan fingerprint density at radius 1 is 1.33 bits per heavy atom. The predicted molar refractivity (Wildman–Crippen MR) is 65.6 cm³/mol. The summed E-state index contributed by atoms with van der Waals surface area (Å²) in [6.45, 7) is 0. The van der Waals surface area contributed by atoms with Crippen LogP contribution >= 0.6 is 22.6 Å². The van der Waals surface area contributed by atoms with Crippen molar-refractivity contribution in [3.8, 4) is 0 Å². The normalized spacial score (nSPS) is 12.4. The zero-order chi connectivity index (χ0) is 11.3. The van der Waals surface area contributed by atoms with Crippen molar-refractivity contribution in [3.05, 3.63) is 33.4 Å². The summed E-state index contributed by atoms with van der Waals surface area (Å²) < 4.78 is 1.12. The fourth-order valence-electron chi connectivity index (χ4n) is 1.30. The lowest BCUT2D eigenvalue weighted by Crippen LogP contribution is -2.00. The third kappa shape index (κ3) is 4.61. The Balaban J connectivity index is 2.43. The van der Waals surface area contributed by atoms with Gasteiger partial charge in [0.25, 0.3) is 0 Å². The maximum atomic E-state index is 10.3. The van der Waals surface area contributed by atoms with E-state index in [1.54, 1.807) is 0 Å². The van der Waals surface area contributed by atoms with Crippen LogP contribution in [0.2, 0.25) is 0 Å². The van der Waals surface area contributed by atoms with Gasteiger partial charge in [0.2, 0.25) is 0 Å². The molecule has 0 aromatic heterocycles. The van der Waals surface area contributed by atoms with E-state index in [0.29, 0.717) is 12.8 Å². The molecule has 0 bridgehead atoms. The molecule has 0 radical (unpaired) electrons. The number of carbonyl (C=O) groups is 1. The number of hydrogen-bond donors (Lipinski definition) is 2. The maximum Gasteiger partial charge on any atom is 0.303 e. The van der Waals surface area contributed by atoms with Gasteiger partial charge in [0, 0.05) is 9.99 Å². The van der Waals surface area contributed by atoms with Crippen LogP contribution in [0.4, 0.5) is 0 Å². The van der Waals surface area contributed by atoms with Gasteiger partial charge in [-0.25, -0.2) is 0 Å². The molecule has 1 unspecified atom stereocenters. The Bertz CT molecular complexity index is 321. The molecular weight excluding hydrogens is 307 g/mol. The number of benzene rings is 1. The third-order valence-corrected chi connectivity index (χ3v) is 2.84. The molecule has 82 valence electrons. The monoisotopic (exact) mass is 320 g/mol. The summed E-state index contributed by atoms with van der Waals surface area (Å²) in [4.78, 5) is 10.3. The maximum absolute atomic E-state index is 10.3. The smallest absolute Gasteiger partial charge is 0.303 e. The van der Waals surface area contributed by atoms with Crippen LogP contribution in [0.5, 0.6) is 0 Å². The Labute approximate surface area is 102 Å². The minimum absolute atomic E-state index is 0.113. The molecule has 0 aliphatic heterocycles. The Hall–Kier alpha value is -0.620. The first-order valence-corrected chi connectivity index (χ1v) is 5.83. The van der Waals surface area contributed by atoms with Crippen LogP contribution in [0, 0.1) is 3.57 Å². The van der Waals surface area contributed by atoms with Gasteiger partial charge in [0.1, 0.15) is 0 Å². The Morgan fingerprint density at radius 3 is 2.47 bits per heavy atom. The Morgan fingerprint density at radius 2 is 1.93 bits per heavy atom. The molecule has 1 aromatic carbocycles. The van der Waals surface area contributed by atoms with E-state index in [4.69, 9.17) is 5.11 Å². The first-order chi connectivity index (χ1) is 7.09. The standard InChI is InChI=1S/C11H13IO3/c12-9-6-4-8(5-7-9)10(13)2-1-3-11(14)15/h4-7,10,13H,1-3H2,(H,14,15). The van der Waals surface area contributed by atoms with E-state index in [-0.39, 0.29) is 6.42 Å². The molecule has 3 nitrogen and oxygen atoms in total. The van der Waals surface area contributed by atoms with Crippen LogP contribution in [-0.4, -0.2) is 16.2 Å². The first-order valence-electron chi connectivity index (χ1n) is 4.75. The number of carboxylic acids is 1. The molecule has 1 aromatic rings. The lowest BCUT2D eigenvalue weighted by Gasteiger charge is -2.09. The highest BCUT2D eigenvalue weighted by Gasteiger charge is 2.07. The van der Waals surface area contributed by atoms with E-state index in [1.807, 2.05) is 24.3 Å². The minimum Gasteiger partial charge on any atom is -0.481 e. The van der Waals surface area contributed by atoms with Gasteiger partial charge in [-0.3, -0.25) is 4.79 Å². The topological polar surface area (TPSA) is 57.5 Å². The molecule has 0 aliphatic rings. The molecule has 2 N–H and O–H groups in total. The van der Waals surface area contributed by atoms with Crippen molar-refractivity contribution in [2.75, 3.05) is 0 Å². The summed E-state index contributed by atoms with van der Waals surface area (Å²) in [5, 5.41) is 18.2. The number of aliphatic hydroxyl groups excluding tert-OH is 1. The number of aliphatic carboxylic acids is 1. The predicted octanol–water partition coefficient (Wildman–Crippen LogP) is 2.58. The largest absolute Gasteiger partial charge is 0.481 e. The second-order valence-electron chi connectivity index (χ2n) is 3.35. The van der Waals surface area contributed by atoms with Gasteiger partial charge in [-0.2, -0.15) is 0 Å². The van der Waals surface area contributed by atoms with E-state index in [0.717, 1.165) is 9.13 Å². The van der Waals surface area contributed by atoms with E-state index >= 15 is 0 Å². The van der Waals surface area contributed by atoms with E-state index in [1.165, 1.54) is 0 Å². The molecule has 0 aliphatic carbocycles. The second-order valence-corrected chi connectivity index (χ2v) is 4.60. The Kier molecular flexibility index (Phi) is 5.04. The molecule has 1 rings (SSSR count). The average molecular weight is 320 g/mol. The zero-order valence-corrected chi connectivity index (χ0v) is 10.3. The summed E-state index contributed by atoms with van der Waals surface area (Å²) in [6.07, 6.45) is 0.554. The molecule has 0 heterocycles. The van der Waals surface area contributed by atoms with Crippen LogP contribution in [-0.2, 0) is 4.79 Å². The molecule has 0 spiro atoms. The van der Waals surface area contributed by atoms with Crippen molar-refractivity contribution in [2.24, 2.45) is 0 Å². The van der Waals surface area contributed by atoms with Crippen molar-refractivity contribution < 1.29 is 15.0 Å². The molecule has 0 fully saturated rings. The van der Waals surface area contributed by atoms with Crippen molar-refractivity contribution >= 4 is 28.6 Å². The van der Waals surface area contributed by atoms with Gasteiger partial charge in [-0.1, -0.05) is 12.1 Å². The fraction of sp³-hybridized carbons (Fsp3) is 0.364. The highest BCUT2D eigenvalue weighted by molar-refractivity contribution is 14.1. The number of rotatable bonds is 5. The van der Waals surface area contributed by atoms with Gasteiger partial charge in [-0.05, 0) is 53.1 Å². The van der Waals surface area contributed by atoms with Crippen LogP contribution in [0.1, 0.15) is 30.9 Å². The van der Waals surface area contributed by atoms with Crippen molar-refractivity contribution in [3.63, 3.8) is 0 Å². The van der Waals surface area contributed by atoms with Gasteiger partial charge < -0.3 is 10.2 Å². The van der Waals surface area contributed by atoms with Crippen LogP contribution < -0.4 is 0 Å². The summed E-state index contributed by atoms with van der Waals surface area (Å²) in [5.74, 6) is -0.815. The van der Waals surface area contributed by atoms with Crippen molar-refractivity contribution in [1.82, 2.24) is 0 Å². The highest BCUT2D eigenvalue weighted by atomic mass is 127. The van der Waals surface area contributed by atoms with Gasteiger partial charge in [0.15, 0.2) is 0 Å². The van der Waals surface area contributed by atoms with Crippen LogP contribution in [0.15, 0.2) is 24.3 Å². The van der Waals surface area contributed by atoms with Crippen molar-refractivity contribution in [2.45, 2.75) is 25.4 Å². The average Bonchev–Trinajstić information content (AvgIpc) is 2.18. The summed E-state index contributed by atoms with van der Waals surface area (Å²) in [6, 6.07) is 7.59. The van der Waals surface area contributed by atoms with Gasteiger partial charge in [-0.15, -0.1) is 0 Å². The fourth-order valence-corrected chi connectivity index (χ4v) is 1.66. The second kappa shape index (κ2) is 6.07.